The first-order valence-corrected chi connectivity index (χ1v) is 11.9. The predicted octanol–water partition coefficient (Wildman–Crippen LogP) is 2.79. The van der Waals surface area contributed by atoms with Gasteiger partial charge in [0.1, 0.15) is 0 Å². The van der Waals surface area contributed by atoms with E-state index < -0.39 is 0 Å². The van der Waals surface area contributed by atoms with Gasteiger partial charge in [0.15, 0.2) is 6.04 Å². The van der Waals surface area contributed by atoms with Crippen molar-refractivity contribution in [1.29, 1.82) is 0 Å². The van der Waals surface area contributed by atoms with E-state index in [1.165, 1.54) is 49.0 Å². The number of piperidine rings is 1. The molecule has 2 aliphatic rings. The van der Waals surface area contributed by atoms with Crippen LogP contribution in [-0.4, -0.2) is 38.3 Å². The average molecular weight is 422 g/mol. The van der Waals surface area contributed by atoms with Crippen LogP contribution in [0.15, 0.2) is 23.0 Å². The van der Waals surface area contributed by atoms with E-state index in [-0.39, 0.29) is 11.6 Å². The normalized spacial score (nSPS) is 19.7. The van der Waals surface area contributed by atoms with Crippen molar-refractivity contribution in [1.82, 2.24) is 25.2 Å². The number of nitrogens with zero attached hydrogens (tertiary/aromatic N) is 4. The monoisotopic (exact) mass is 421 g/mol. The molecule has 2 N–H and O–H groups in total. The van der Waals surface area contributed by atoms with Crippen LogP contribution in [0.3, 0.4) is 0 Å². The summed E-state index contributed by atoms with van der Waals surface area (Å²) in [4.78, 5) is 18.0. The Bertz CT molecular complexity index is 1120. The van der Waals surface area contributed by atoms with Crippen LogP contribution in [-0.2, 0) is 0 Å². The van der Waals surface area contributed by atoms with Crippen molar-refractivity contribution in [3.8, 4) is 0 Å². The zero-order chi connectivity index (χ0) is 21.4. The van der Waals surface area contributed by atoms with Crippen molar-refractivity contribution >= 4 is 10.9 Å². The number of aryl methyl sites for hydroxylation is 2. The van der Waals surface area contributed by atoms with Crippen LogP contribution >= 0.6 is 0 Å². The third-order valence-corrected chi connectivity index (χ3v) is 7.23. The zero-order valence-electron chi connectivity index (χ0n) is 18.7. The predicted molar refractivity (Wildman–Crippen MR) is 120 cm³/mol. The smallest absolute Gasteiger partial charge is 0.258 e. The van der Waals surface area contributed by atoms with E-state index in [4.69, 9.17) is 0 Å². The standard InChI is InChI=1S/C24H32N6O/c1-16-13-17(2)21-18(14-16)15-20(24(31)25-21)22(29-11-7-4-8-12-29)23-26-27-28-30(23)19-9-5-3-6-10-19/h13-15,19,22H,3-12H2,1-2H3,(H,25,31)/p+1/t22-/m1/s1. The molecule has 2 aromatic heterocycles. The molecule has 0 radical (unpaired) electrons. The van der Waals surface area contributed by atoms with Crippen LogP contribution < -0.4 is 10.5 Å². The van der Waals surface area contributed by atoms with Gasteiger partial charge in [0, 0.05) is 0 Å². The Morgan fingerprint density at radius 1 is 1.03 bits per heavy atom. The van der Waals surface area contributed by atoms with Crippen LogP contribution in [0.4, 0.5) is 0 Å². The molecule has 1 aromatic carbocycles. The van der Waals surface area contributed by atoms with Crippen molar-refractivity contribution in [2.75, 3.05) is 13.1 Å². The van der Waals surface area contributed by atoms with Gasteiger partial charge in [-0.15, -0.1) is 5.10 Å². The molecule has 1 atom stereocenters. The van der Waals surface area contributed by atoms with Gasteiger partial charge in [0.2, 0.25) is 5.82 Å². The summed E-state index contributed by atoms with van der Waals surface area (Å²) in [6.07, 6.45) is 9.59. The lowest BCUT2D eigenvalue weighted by Gasteiger charge is -2.32. The maximum Gasteiger partial charge on any atom is 0.258 e. The van der Waals surface area contributed by atoms with Gasteiger partial charge in [-0.1, -0.05) is 30.9 Å². The summed E-state index contributed by atoms with van der Waals surface area (Å²) in [6, 6.07) is 6.59. The first kappa shape index (κ1) is 20.4. The first-order chi connectivity index (χ1) is 15.1. The van der Waals surface area contributed by atoms with E-state index in [0.29, 0.717) is 6.04 Å². The molecule has 0 unspecified atom stereocenters. The number of likely N-dealkylation sites (tertiary alicyclic amines) is 1. The van der Waals surface area contributed by atoms with Crippen molar-refractivity contribution < 1.29 is 4.90 Å². The van der Waals surface area contributed by atoms with Crippen LogP contribution in [0, 0.1) is 13.8 Å². The first-order valence-electron chi connectivity index (χ1n) is 11.9. The molecular formula is C24H33N6O+. The van der Waals surface area contributed by atoms with Gasteiger partial charge in [-0.2, -0.15) is 0 Å². The average Bonchev–Trinajstić information content (AvgIpc) is 3.26. The largest absolute Gasteiger partial charge is 0.322 e. The van der Waals surface area contributed by atoms with Gasteiger partial charge in [-0.05, 0) is 79.5 Å². The lowest BCUT2D eigenvalue weighted by Crippen LogP contribution is -3.13. The van der Waals surface area contributed by atoms with E-state index in [0.717, 1.165) is 53.8 Å². The minimum atomic E-state index is -0.133. The van der Waals surface area contributed by atoms with Crippen LogP contribution in [0.25, 0.3) is 10.9 Å². The Kier molecular flexibility index (Phi) is 5.61. The number of nitrogens with one attached hydrogen (secondary N) is 2. The molecule has 7 heteroatoms. The van der Waals surface area contributed by atoms with Crippen molar-refractivity contribution in [2.45, 2.75) is 77.3 Å². The quantitative estimate of drug-likeness (QED) is 0.679. The Labute approximate surface area is 182 Å². The Morgan fingerprint density at radius 2 is 1.77 bits per heavy atom. The van der Waals surface area contributed by atoms with E-state index in [1.807, 2.05) is 0 Å². The van der Waals surface area contributed by atoms with Crippen LogP contribution in [0.5, 0.6) is 0 Å². The molecule has 0 amide bonds. The Morgan fingerprint density at radius 3 is 2.55 bits per heavy atom. The molecule has 2 fully saturated rings. The summed E-state index contributed by atoms with van der Waals surface area (Å²) in [5, 5.41) is 14.1. The van der Waals surface area contributed by atoms with Gasteiger partial charge in [0.05, 0.1) is 30.2 Å². The van der Waals surface area contributed by atoms with Crippen molar-refractivity contribution in [3.63, 3.8) is 0 Å². The summed E-state index contributed by atoms with van der Waals surface area (Å²) in [5.74, 6) is 0.859. The summed E-state index contributed by atoms with van der Waals surface area (Å²) >= 11 is 0. The molecule has 31 heavy (non-hydrogen) atoms. The number of rotatable bonds is 4. The lowest BCUT2D eigenvalue weighted by atomic mass is 9.94. The summed E-state index contributed by atoms with van der Waals surface area (Å²) < 4.78 is 2.05. The summed E-state index contributed by atoms with van der Waals surface area (Å²) in [6.45, 7) is 6.26. The maximum absolute atomic E-state index is 13.4. The van der Waals surface area contributed by atoms with Crippen molar-refractivity contribution in [3.05, 3.63) is 51.1 Å². The fourth-order valence-electron chi connectivity index (χ4n) is 5.73. The lowest BCUT2D eigenvalue weighted by molar-refractivity contribution is -0.931. The zero-order valence-corrected chi connectivity index (χ0v) is 18.7. The summed E-state index contributed by atoms with van der Waals surface area (Å²) in [5.41, 5.74) is 4.02. The van der Waals surface area contributed by atoms with Crippen molar-refractivity contribution in [2.24, 2.45) is 0 Å². The van der Waals surface area contributed by atoms with Gasteiger partial charge in [0.25, 0.3) is 5.56 Å². The summed E-state index contributed by atoms with van der Waals surface area (Å²) in [7, 11) is 0. The highest BCUT2D eigenvalue weighted by molar-refractivity contribution is 5.83. The second-order valence-electron chi connectivity index (χ2n) is 9.53. The molecule has 3 heterocycles. The Hall–Kier alpha value is -2.54. The minimum absolute atomic E-state index is 0.0132. The number of benzene rings is 1. The highest BCUT2D eigenvalue weighted by Crippen LogP contribution is 2.30. The molecule has 1 saturated carbocycles. The molecule has 1 aliphatic carbocycles. The van der Waals surface area contributed by atoms with Crippen LogP contribution in [0.1, 0.15) is 86.0 Å². The topological polar surface area (TPSA) is 80.9 Å². The maximum atomic E-state index is 13.4. The number of aromatic amines is 1. The molecule has 1 saturated heterocycles. The second-order valence-corrected chi connectivity index (χ2v) is 9.53. The number of H-pyrrole nitrogens is 1. The molecule has 1 aliphatic heterocycles. The number of quaternary nitrogens is 1. The molecule has 7 nitrogen and oxygen atoms in total. The third kappa shape index (κ3) is 3.91. The molecular weight excluding hydrogens is 388 g/mol. The van der Waals surface area contributed by atoms with Gasteiger partial charge in [-0.25, -0.2) is 4.68 Å². The SMILES string of the molecule is Cc1cc(C)c2[nH]c(=O)c([C@H](c3nnnn3C3CCCCC3)[NH+]3CCCCC3)cc2c1. The minimum Gasteiger partial charge on any atom is -0.322 e. The molecule has 0 bridgehead atoms. The van der Waals surface area contributed by atoms with E-state index in [2.05, 4.69) is 57.2 Å². The molecule has 0 spiro atoms. The van der Waals surface area contributed by atoms with E-state index in [9.17, 15) is 4.79 Å². The number of hydrogen-bond acceptors (Lipinski definition) is 4. The van der Waals surface area contributed by atoms with E-state index >= 15 is 0 Å². The number of hydrogen-bond donors (Lipinski definition) is 2. The number of fused-ring (bicyclic) bond motifs is 1. The number of aromatic nitrogens is 5. The Balaban J connectivity index is 1.65. The molecule has 3 aromatic rings. The van der Waals surface area contributed by atoms with Gasteiger partial charge in [-0.3, -0.25) is 4.79 Å². The van der Waals surface area contributed by atoms with Gasteiger partial charge < -0.3 is 9.88 Å². The fourth-order valence-corrected chi connectivity index (χ4v) is 5.73. The second kappa shape index (κ2) is 8.54. The van der Waals surface area contributed by atoms with E-state index in [1.54, 1.807) is 0 Å². The van der Waals surface area contributed by atoms with Gasteiger partial charge >= 0.3 is 0 Å². The molecule has 164 valence electrons. The number of pyridine rings is 1. The third-order valence-electron chi connectivity index (χ3n) is 7.23. The number of tetrazole rings is 1. The molecule has 5 rings (SSSR count). The highest BCUT2D eigenvalue weighted by atomic mass is 16.1. The fraction of sp³-hybridized carbons (Fsp3) is 0.583. The van der Waals surface area contributed by atoms with Crippen LogP contribution in [0.2, 0.25) is 0 Å². The highest BCUT2D eigenvalue weighted by Gasteiger charge is 2.36.